The molecule has 0 amide bonds. The molecule has 5 heteroatoms. The Kier molecular flexibility index (Phi) is 96.2. The normalized spacial score (nSPS) is 5.80. The van der Waals surface area contributed by atoms with Crippen LogP contribution in [0.1, 0.15) is 0 Å². The summed E-state index contributed by atoms with van der Waals surface area (Å²) in [6, 6.07) is 0. The molecule has 1 unspecified atom stereocenters. The molecule has 0 aliphatic heterocycles. The largest absolute Gasteiger partial charge is 0.412 e. The van der Waals surface area contributed by atoms with Gasteiger partial charge in [-0.25, -0.2) is 0 Å². The Hall–Kier alpha value is 0.375. The molecule has 0 aromatic rings. The summed E-state index contributed by atoms with van der Waals surface area (Å²) in [5.74, 6) is 0. The monoisotopic (exact) mass is 95.0 g/mol. The third kappa shape index (κ3) is 176. The number of rotatable bonds is 0. The summed E-state index contributed by atoms with van der Waals surface area (Å²) >= 11 is 0. The molecule has 0 rings (SSSR count). The zero-order valence-corrected chi connectivity index (χ0v) is 3.73. The molecule has 0 aromatic carbocycles. The molecular formula is H7BNO2P. The van der Waals surface area contributed by atoms with Crippen molar-refractivity contribution in [3.63, 3.8) is 0 Å². The van der Waals surface area contributed by atoms with Crippen LogP contribution in [0.2, 0.25) is 0 Å². The van der Waals surface area contributed by atoms with Gasteiger partial charge in [-0.3, -0.25) is 0 Å². The molecule has 5 heavy (non-hydrogen) atoms. The summed E-state index contributed by atoms with van der Waals surface area (Å²) in [6.45, 7) is 0. The first kappa shape index (κ1) is 18.2. The molecule has 32 valence electrons. The number of hydrogen-bond donors (Lipinski definition) is 2. The van der Waals surface area contributed by atoms with Crippen molar-refractivity contribution < 1.29 is 10.4 Å². The van der Waals surface area contributed by atoms with Crippen LogP contribution in [0.3, 0.4) is 0 Å². The summed E-state index contributed by atoms with van der Waals surface area (Å²) in [5.41, 5.74) is 0. The lowest BCUT2D eigenvalue weighted by molar-refractivity contribution is 0.659. The van der Waals surface area contributed by atoms with E-state index in [1.807, 2.05) is 0 Å². The van der Waals surface area contributed by atoms with E-state index in [1.165, 1.54) is 0 Å². The quantitative estimate of drug-likeness (QED) is 0.298. The molecule has 2 radical (unpaired) electrons. The van der Waals surface area contributed by atoms with E-state index in [2.05, 4.69) is 7.57 Å². The van der Waals surface area contributed by atoms with Crippen molar-refractivity contribution in [2.45, 2.75) is 0 Å². The van der Waals surface area contributed by atoms with Crippen molar-refractivity contribution in [1.29, 1.82) is 0 Å². The Balaban J connectivity index is -0.0000000200. The van der Waals surface area contributed by atoms with Gasteiger partial charge in [0, 0.05) is 0 Å². The fraction of sp³-hybridized carbons (Fsp3) is 0. The van der Waals surface area contributed by atoms with Crippen LogP contribution < -0.4 is 6.15 Å². The predicted octanol–water partition coefficient (Wildman–Crippen LogP) is -1.01. The Labute approximate surface area is 33.9 Å². The van der Waals surface area contributed by atoms with Crippen LogP contribution in [0.25, 0.3) is 0 Å². The van der Waals surface area contributed by atoms with Crippen molar-refractivity contribution in [3.05, 3.63) is 0 Å². The fourth-order valence-corrected chi connectivity index (χ4v) is 0. The zero-order valence-electron chi connectivity index (χ0n) is 2.73. The maximum Gasteiger partial charge on any atom is 0.143 e. The van der Waals surface area contributed by atoms with Gasteiger partial charge in [0.05, 0.1) is 0 Å². The molecule has 1 atom stereocenters. The predicted molar refractivity (Wildman–Crippen MR) is 24.9 cm³/mol. The van der Waals surface area contributed by atoms with Crippen molar-refractivity contribution in [1.82, 2.24) is 6.15 Å². The van der Waals surface area contributed by atoms with Gasteiger partial charge in [0.25, 0.3) is 0 Å². The van der Waals surface area contributed by atoms with Crippen molar-refractivity contribution in [2.24, 2.45) is 0 Å². The molecule has 0 fully saturated rings. The third-order valence-corrected chi connectivity index (χ3v) is 0. The minimum Gasteiger partial charge on any atom is -0.412 e. The van der Waals surface area contributed by atoms with E-state index in [9.17, 15) is 0 Å². The first-order valence-corrected chi connectivity index (χ1v) is 1.54. The summed E-state index contributed by atoms with van der Waals surface area (Å²) in [6.07, 6.45) is 0. The molecule has 6 N–H and O–H groups in total. The van der Waals surface area contributed by atoms with Gasteiger partial charge in [-0.2, -0.15) is 0 Å². The third-order valence-electron chi connectivity index (χ3n) is 0. The molecular weight excluding hydrogens is 87.8 g/mol. The van der Waals surface area contributed by atoms with Gasteiger partial charge < -0.3 is 16.5 Å². The van der Waals surface area contributed by atoms with E-state index < -0.39 is 8.69 Å². The fourth-order valence-electron chi connectivity index (χ4n) is 0. The lowest BCUT2D eigenvalue weighted by Gasteiger charge is -1.52. The first-order valence-electron chi connectivity index (χ1n) is 0.512. The van der Waals surface area contributed by atoms with E-state index in [1.54, 1.807) is 0 Å². The molecule has 0 aliphatic carbocycles. The second-order valence-electron chi connectivity index (χ2n) is 0.129. The highest BCUT2D eigenvalue weighted by Gasteiger charge is 1.35. The minimum absolute atomic E-state index is 0. The van der Waals surface area contributed by atoms with Crippen LogP contribution in [0, 0.1) is 0 Å². The van der Waals surface area contributed by atoms with Gasteiger partial charge in [-0.05, 0) is 8.69 Å². The van der Waals surface area contributed by atoms with Gasteiger partial charge in [-0.15, -0.1) is 0 Å². The molecule has 0 heterocycles. The maximum atomic E-state index is 7.38. The summed E-state index contributed by atoms with van der Waals surface area (Å²) in [4.78, 5) is 7.38. The Morgan fingerprint density at radius 1 is 1.60 bits per heavy atom. The van der Waals surface area contributed by atoms with Crippen molar-refractivity contribution in [2.75, 3.05) is 0 Å². The Morgan fingerprint density at radius 2 is 1.60 bits per heavy atom. The molecule has 0 bridgehead atoms. The topological polar surface area (TPSA) is 86.7 Å². The van der Waals surface area contributed by atoms with Crippen LogP contribution in [-0.2, 0) is 0 Å². The van der Waals surface area contributed by atoms with Crippen LogP contribution >= 0.6 is 8.69 Å². The lowest BCUT2D eigenvalue weighted by Crippen LogP contribution is -1.27. The molecule has 0 aromatic heterocycles. The van der Waals surface area contributed by atoms with Crippen LogP contribution in [0.4, 0.5) is 0 Å². The summed E-state index contributed by atoms with van der Waals surface area (Å²) in [7, 11) is 4.01. The smallest absolute Gasteiger partial charge is 0.143 e. The number of hydrogen-bond acceptors (Lipinski definition) is 2. The average Bonchev–Trinajstić information content (AvgIpc) is 0.918. The Bertz CT molecular complexity index is 9.61. The van der Waals surface area contributed by atoms with E-state index in [-0.39, 0.29) is 11.6 Å². The zero-order chi connectivity index (χ0) is 2.71. The van der Waals surface area contributed by atoms with Gasteiger partial charge in [0.2, 0.25) is 0 Å². The minimum atomic E-state index is -0.417. The molecule has 0 saturated carbocycles. The second-order valence-corrected chi connectivity index (χ2v) is 0.387. The molecule has 0 spiro atoms. The lowest BCUT2D eigenvalue weighted by atomic mass is 10.8. The van der Waals surface area contributed by atoms with Gasteiger partial charge >= 0.3 is 0 Å². The van der Waals surface area contributed by atoms with E-state index in [0.29, 0.717) is 0 Å². The van der Waals surface area contributed by atoms with Crippen LogP contribution in [0.15, 0.2) is 0 Å². The van der Waals surface area contributed by atoms with Gasteiger partial charge in [0.1, 0.15) is 7.57 Å². The average molecular weight is 94.8 g/mol. The van der Waals surface area contributed by atoms with Crippen LogP contribution in [-0.4, -0.2) is 17.9 Å². The highest BCUT2D eigenvalue weighted by molar-refractivity contribution is 7.61. The van der Waals surface area contributed by atoms with E-state index in [4.69, 9.17) is 4.89 Å². The van der Waals surface area contributed by atoms with E-state index in [0.717, 1.165) is 0 Å². The van der Waals surface area contributed by atoms with Gasteiger partial charge in [0.15, 0.2) is 0 Å². The van der Waals surface area contributed by atoms with Gasteiger partial charge in [-0.1, -0.05) is 0 Å². The molecule has 0 aliphatic rings. The maximum absolute atomic E-state index is 7.38. The second kappa shape index (κ2) is 26.4. The van der Waals surface area contributed by atoms with Crippen molar-refractivity contribution in [3.8, 4) is 0 Å². The Morgan fingerprint density at radius 3 is 1.60 bits per heavy atom. The SMILES string of the molecule is N.O.[B]PO. The summed E-state index contributed by atoms with van der Waals surface area (Å²) < 4.78 is 0. The van der Waals surface area contributed by atoms with Crippen molar-refractivity contribution >= 4 is 16.3 Å². The first-order chi connectivity index (χ1) is 1.41. The molecule has 0 saturated heterocycles. The molecule has 3 nitrogen and oxygen atoms in total. The highest BCUT2D eigenvalue weighted by Crippen LogP contribution is 1.80. The summed E-state index contributed by atoms with van der Waals surface area (Å²) in [5, 5.41) is 0. The standard InChI is InChI=1S/BH2OP.H3N.H2O/c1-3-2;;/h2-3H;1H3;1H2. The van der Waals surface area contributed by atoms with Crippen LogP contribution in [0.5, 0.6) is 0 Å². The van der Waals surface area contributed by atoms with E-state index >= 15 is 0 Å². The highest BCUT2D eigenvalue weighted by atomic mass is 31.1.